The van der Waals surface area contributed by atoms with Crippen molar-refractivity contribution in [2.45, 2.75) is 40.0 Å². The molecule has 1 aliphatic heterocycles. The highest BCUT2D eigenvalue weighted by Crippen LogP contribution is 2.39. The molecule has 2 aromatic rings. The van der Waals surface area contributed by atoms with Crippen LogP contribution in [0.3, 0.4) is 0 Å². The molecule has 1 aliphatic rings. The van der Waals surface area contributed by atoms with Crippen LogP contribution >= 0.6 is 39.9 Å². The number of nitrogens with zero attached hydrogens (tertiary/aromatic N) is 1. The molecule has 3 rings (SSSR count). The van der Waals surface area contributed by atoms with Crippen LogP contribution in [0.5, 0.6) is 11.5 Å². The quantitative estimate of drug-likeness (QED) is 0.209. The van der Waals surface area contributed by atoms with Gasteiger partial charge in [-0.3, -0.25) is 15.0 Å². The second-order valence-electron chi connectivity index (χ2n) is 7.64. The van der Waals surface area contributed by atoms with Crippen molar-refractivity contribution in [2.24, 2.45) is 0 Å². The second-order valence-corrected chi connectivity index (χ2v) is 10.2. The maximum Gasteiger partial charge on any atom is 0.285 e. The van der Waals surface area contributed by atoms with Crippen LogP contribution in [0.1, 0.15) is 54.6 Å². The summed E-state index contributed by atoms with van der Waals surface area (Å²) in [6.45, 7) is 7.07. The largest absolute Gasteiger partial charge is 0.490 e. The van der Waals surface area contributed by atoms with Gasteiger partial charge in [0.05, 0.1) is 22.6 Å². The highest BCUT2D eigenvalue weighted by Gasteiger charge is 2.34. The van der Waals surface area contributed by atoms with Gasteiger partial charge in [-0.15, -0.1) is 0 Å². The Morgan fingerprint density at radius 3 is 2.59 bits per heavy atom. The molecule has 2 amide bonds. The van der Waals surface area contributed by atoms with Crippen LogP contribution in [0.15, 0.2) is 45.8 Å². The summed E-state index contributed by atoms with van der Waals surface area (Å²) >= 11 is 10.0. The average Bonchev–Trinajstić information content (AvgIpc) is 3.06. The summed E-state index contributed by atoms with van der Waals surface area (Å²) in [5, 5.41) is 1.11. The third-order valence-corrected chi connectivity index (χ3v) is 6.84. The average molecular weight is 564 g/mol. The van der Waals surface area contributed by atoms with Gasteiger partial charge >= 0.3 is 0 Å². The van der Waals surface area contributed by atoms with Crippen molar-refractivity contribution in [1.29, 1.82) is 0 Å². The van der Waals surface area contributed by atoms with Crippen LogP contribution in [-0.4, -0.2) is 34.4 Å². The zero-order valence-electron chi connectivity index (χ0n) is 19.4. The van der Waals surface area contributed by atoms with Crippen molar-refractivity contribution in [3.05, 3.63) is 62.5 Å². The molecular weight excluding hydrogens is 536 g/mol. The van der Waals surface area contributed by atoms with Gasteiger partial charge in [0.15, 0.2) is 15.8 Å². The summed E-state index contributed by atoms with van der Waals surface area (Å²) in [4.78, 5) is 25.9. The van der Waals surface area contributed by atoms with Gasteiger partial charge in [0.2, 0.25) is 0 Å². The van der Waals surface area contributed by atoms with Crippen molar-refractivity contribution >= 4 is 62.1 Å². The van der Waals surface area contributed by atoms with E-state index in [0.717, 1.165) is 51.6 Å². The van der Waals surface area contributed by atoms with E-state index in [1.807, 2.05) is 38.1 Å². The molecule has 2 aromatic carbocycles. The molecule has 34 heavy (non-hydrogen) atoms. The summed E-state index contributed by atoms with van der Waals surface area (Å²) in [7, 11) is 0. The number of rotatable bonds is 10. The van der Waals surface area contributed by atoms with Crippen molar-refractivity contribution in [2.75, 3.05) is 13.2 Å². The molecule has 0 bridgehead atoms. The van der Waals surface area contributed by atoms with Gasteiger partial charge in [-0.05, 0) is 84.3 Å². The molecule has 0 aromatic heterocycles. The molecule has 0 spiro atoms. The maximum atomic E-state index is 13.0. The Balaban J connectivity index is 1.78. The SMILES string of the molecule is CCCCCOc1c(Br)cc(/C=C2\SC(=S)N(NC(=O)c3ccc(C)cc3)C2=O)cc1OCC. The fourth-order valence-electron chi connectivity index (χ4n) is 3.19. The predicted molar refractivity (Wildman–Crippen MR) is 144 cm³/mol. The number of hydrazine groups is 1. The lowest BCUT2D eigenvalue weighted by molar-refractivity contribution is -0.123. The van der Waals surface area contributed by atoms with Crippen molar-refractivity contribution < 1.29 is 19.1 Å². The van der Waals surface area contributed by atoms with Gasteiger partial charge in [0, 0.05) is 5.56 Å². The number of ether oxygens (including phenoxy) is 2. The minimum atomic E-state index is -0.400. The molecule has 180 valence electrons. The normalized spacial score (nSPS) is 14.6. The van der Waals surface area contributed by atoms with E-state index in [-0.39, 0.29) is 10.2 Å². The van der Waals surface area contributed by atoms with Gasteiger partial charge in [0.1, 0.15) is 0 Å². The number of carbonyl (C=O) groups excluding carboxylic acids is 2. The van der Waals surface area contributed by atoms with E-state index in [0.29, 0.717) is 35.2 Å². The Morgan fingerprint density at radius 2 is 1.91 bits per heavy atom. The van der Waals surface area contributed by atoms with E-state index in [4.69, 9.17) is 21.7 Å². The summed E-state index contributed by atoms with van der Waals surface area (Å²) in [6, 6.07) is 10.8. The number of benzene rings is 2. The molecule has 0 aliphatic carbocycles. The van der Waals surface area contributed by atoms with Gasteiger partial charge < -0.3 is 9.47 Å². The van der Waals surface area contributed by atoms with Gasteiger partial charge in [-0.1, -0.05) is 49.2 Å². The van der Waals surface area contributed by atoms with Crippen molar-refractivity contribution in [3.8, 4) is 11.5 Å². The molecular formula is C25H27BrN2O4S2. The maximum absolute atomic E-state index is 13.0. The van der Waals surface area contributed by atoms with E-state index < -0.39 is 5.91 Å². The number of thiocarbonyl (C=S) groups is 1. The molecule has 0 atom stereocenters. The van der Waals surface area contributed by atoms with E-state index in [9.17, 15) is 9.59 Å². The monoisotopic (exact) mass is 562 g/mol. The smallest absolute Gasteiger partial charge is 0.285 e. The summed E-state index contributed by atoms with van der Waals surface area (Å²) in [5.41, 5.74) is 4.84. The van der Waals surface area contributed by atoms with Crippen molar-refractivity contribution in [3.63, 3.8) is 0 Å². The number of halogens is 1. The van der Waals surface area contributed by atoms with E-state index in [1.54, 1.807) is 18.2 Å². The lowest BCUT2D eigenvalue weighted by Crippen LogP contribution is -2.44. The number of unbranched alkanes of at least 4 members (excludes halogenated alkanes) is 2. The van der Waals surface area contributed by atoms with Crippen LogP contribution in [0.2, 0.25) is 0 Å². The topological polar surface area (TPSA) is 67.9 Å². The first-order chi connectivity index (χ1) is 16.3. The summed E-state index contributed by atoms with van der Waals surface area (Å²) in [5.74, 6) is 0.462. The van der Waals surface area contributed by atoms with E-state index >= 15 is 0 Å². The van der Waals surface area contributed by atoms with Crippen molar-refractivity contribution in [1.82, 2.24) is 10.4 Å². The van der Waals surface area contributed by atoms with Crippen LogP contribution in [0.25, 0.3) is 6.08 Å². The fraction of sp³-hybridized carbons (Fsp3) is 0.320. The Bertz CT molecular complexity index is 1100. The standard InChI is InChI=1S/C25H27BrN2O4S2/c1-4-6-7-12-32-22-19(26)13-17(14-20(22)31-5-2)15-21-24(30)28(25(33)34-21)27-23(29)18-10-8-16(3)9-11-18/h8-11,13-15H,4-7,12H2,1-3H3,(H,27,29)/b21-15-. The number of nitrogens with one attached hydrogen (secondary N) is 1. The molecule has 1 N–H and O–H groups in total. The van der Waals surface area contributed by atoms with Gasteiger partial charge in [0.25, 0.3) is 11.8 Å². The number of hydrogen-bond acceptors (Lipinski definition) is 6. The number of carbonyl (C=O) groups is 2. The highest BCUT2D eigenvalue weighted by molar-refractivity contribution is 9.10. The van der Waals surface area contributed by atoms with Crippen LogP contribution < -0.4 is 14.9 Å². The Hall–Kier alpha value is -2.36. The molecule has 1 saturated heterocycles. The molecule has 1 heterocycles. The number of hydrogen-bond donors (Lipinski definition) is 1. The number of amides is 2. The lowest BCUT2D eigenvalue weighted by atomic mass is 10.1. The zero-order valence-corrected chi connectivity index (χ0v) is 22.6. The first-order valence-electron chi connectivity index (χ1n) is 11.1. The Kier molecular flexibility index (Phi) is 9.55. The van der Waals surface area contributed by atoms with E-state index in [1.165, 1.54) is 0 Å². The summed E-state index contributed by atoms with van der Waals surface area (Å²) in [6.07, 6.45) is 4.91. The molecule has 9 heteroatoms. The third-order valence-electron chi connectivity index (χ3n) is 4.94. The van der Waals surface area contributed by atoms with Crippen LogP contribution in [0, 0.1) is 6.92 Å². The number of aryl methyl sites for hydroxylation is 1. The second kappa shape index (κ2) is 12.4. The fourth-order valence-corrected chi connectivity index (χ4v) is 4.94. The first kappa shape index (κ1) is 26.2. The molecule has 6 nitrogen and oxygen atoms in total. The van der Waals surface area contributed by atoms with E-state index in [2.05, 4.69) is 28.3 Å². The number of thioether (sulfide) groups is 1. The van der Waals surface area contributed by atoms with Gasteiger partial charge in [-0.25, -0.2) is 0 Å². The minimum absolute atomic E-state index is 0.261. The summed E-state index contributed by atoms with van der Waals surface area (Å²) < 4.78 is 12.7. The van der Waals surface area contributed by atoms with Crippen LogP contribution in [-0.2, 0) is 4.79 Å². The molecule has 1 fully saturated rings. The Labute approximate surface area is 218 Å². The zero-order chi connectivity index (χ0) is 24.7. The highest BCUT2D eigenvalue weighted by atomic mass is 79.9. The minimum Gasteiger partial charge on any atom is -0.490 e. The van der Waals surface area contributed by atoms with Gasteiger partial charge in [-0.2, -0.15) is 5.01 Å². The molecule has 0 radical (unpaired) electrons. The first-order valence-corrected chi connectivity index (χ1v) is 13.1. The predicted octanol–water partition coefficient (Wildman–Crippen LogP) is 6.27. The molecule has 0 saturated carbocycles. The lowest BCUT2D eigenvalue weighted by Gasteiger charge is -2.16. The Morgan fingerprint density at radius 1 is 1.18 bits per heavy atom. The molecule has 0 unspecified atom stereocenters. The van der Waals surface area contributed by atoms with Crippen LogP contribution in [0.4, 0.5) is 0 Å². The third kappa shape index (κ3) is 6.61.